The molecule has 0 fully saturated rings. The van der Waals surface area contributed by atoms with Gasteiger partial charge in [0.25, 0.3) is 0 Å². The van der Waals surface area contributed by atoms with Gasteiger partial charge in [0.1, 0.15) is 13.2 Å². The highest BCUT2D eigenvalue weighted by Crippen LogP contribution is 2.18. The second kappa shape index (κ2) is 65.2. The molecular formula is C70H130O6. The molecule has 1 atom stereocenters. The Labute approximate surface area is 474 Å². The van der Waals surface area contributed by atoms with Crippen molar-refractivity contribution >= 4 is 17.9 Å². The first-order valence-corrected chi connectivity index (χ1v) is 34.0. The van der Waals surface area contributed by atoms with Crippen molar-refractivity contribution in [1.29, 1.82) is 0 Å². The van der Waals surface area contributed by atoms with Crippen LogP contribution in [-0.4, -0.2) is 37.2 Å². The Bertz CT molecular complexity index is 1270. The molecule has 0 heterocycles. The van der Waals surface area contributed by atoms with Crippen molar-refractivity contribution in [3.8, 4) is 0 Å². The summed E-state index contributed by atoms with van der Waals surface area (Å²) in [7, 11) is 0. The number of hydrogen-bond donors (Lipinski definition) is 0. The van der Waals surface area contributed by atoms with Crippen molar-refractivity contribution in [2.45, 2.75) is 380 Å². The van der Waals surface area contributed by atoms with Gasteiger partial charge in [0.05, 0.1) is 0 Å². The summed E-state index contributed by atoms with van der Waals surface area (Å²) in [6.07, 6.45) is 80.4. The molecule has 0 rings (SSSR count). The fourth-order valence-electron chi connectivity index (χ4n) is 10.2. The third-order valence-corrected chi connectivity index (χ3v) is 15.3. The quantitative estimate of drug-likeness (QED) is 0.0261. The molecule has 0 aromatic rings. The molecule has 0 aliphatic heterocycles. The average molecular weight is 1070 g/mol. The first-order valence-electron chi connectivity index (χ1n) is 34.0. The minimum Gasteiger partial charge on any atom is -0.462 e. The van der Waals surface area contributed by atoms with Crippen LogP contribution in [0.2, 0.25) is 0 Å². The lowest BCUT2D eigenvalue weighted by Crippen LogP contribution is -2.30. The van der Waals surface area contributed by atoms with Crippen molar-refractivity contribution in [2.24, 2.45) is 0 Å². The van der Waals surface area contributed by atoms with Gasteiger partial charge in [-0.2, -0.15) is 0 Å². The highest BCUT2D eigenvalue weighted by Gasteiger charge is 2.19. The summed E-state index contributed by atoms with van der Waals surface area (Å²) in [6, 6.07) is 0. The molecule has 0 radical (unpaired) electrons. The molecule has 0 amide bonds. The second-order valence-corrected chi connectivity index (χ2v) is 23.1. The van der Waals surface area contributed by atoms with Gasteiger partial charge in [0.2, 0.25) is 0 Å². The average Bonchev–Trinajstić information content (AvgIpc) is 3.42. The molecule has 0 aromatic carbocycles. The van der Waals surface area contributed by atoms with E-state index < -0.39 is 6.10 Å². The number of allylic oxidation sites excluding steroid dienone is 6. The summed E-state index contributed by atoms with van der Waals surface area (Å²) in [5.41, 5.74) is 0. The van der Waals surface area contributed by atoms with Crippen molar-refractivity contribution in [2.75, 3.05) is 13.2 Å². The molecule has 0 aliphatic carbocycles. The highest BCUT2D eigenvalue weighted by molar-refractivity contribution is 5.71. The normalized spacial score (nSPS) is 12.2. The van der Waals surface area contributed by atoms with Crippen LogP contribution in [0.4, 0.5) is 0 Å². The molecule has 0 N–H and O–H groups in total. The highest BCUT2D eigenvalue weighted by atomic mass is 16.6. The first-order chi connectivity index (χ1) is 37.5. The maximum Gasteiger partial charge on any atom is 0.306 e. The standard InChI is InChI=1S/C70H130O6/c1-4-7-10-13-16-19-22-24-26-28-29-30-31-32-33-34-35-36-37-38-39-40-41-42-44-45-48-51-54-57-60-63-69(72)75-66-67(65-74-68(71)62-59-56-53-50-47-21-18-15-12-9-6-3)76-70(73)64-61-58-55-52-49-46-43-27-25-23-20-17-14-11-8-5-2/h15,18,27-29,43,67H,4-14,16-17,19-26,30-42,44-66H2,1-3H3/b18-15-,29-28-,43-27-. The molecule has 6 nitrogen and oxygen atoms in total. The number of ether oxygens (including phenoxy) is 3. The summed E-state index contributed by atoms with van der Waals surface area (Å²) >= 11 is 0. The maximum atomic E-state index is 12.9. The van der Waals surface area contributed by atoms with Crippen LogP contribution in [0.1, 0.15) is 374 Å². The second-order valence-electron chi connectivity index (χ2n) is 23.1. The molecule has 0 spiro atoms. The Hall–Kier alpha value is -2.37. The molecule has 6 heteroatoms. The van der Waals surface area contributed by atoms with E-state index >= 15 is 0 Å². The van der Waals surface area contributed by atoms with Crippen LogP contribution in [0.3, 0.4) is 0 Å². The van der Waals surface area contributed by atoms with Crippen LogP contribution < -0.4 is 0 Å². The fraction of sp³-hybridized carbons (Fsp3) is 0.871. The lowest BCUT2D eigenvalue weighted by Gasteiger charge is -2.18. The zero-order valence-corrected chi connectivity index (χ0v) is 51.3. The van der Waals surface area contributed by atoms with E-state index in [4.69, 9.17) is 14.2 Å². The van der Waals surface area contributed by atoms with Crippen LogP contribution in [0.15, 0.2) is 36.5 Å². The zero-order valence-electron chi connectivity index (χ0n) is 51.3. The van der Waals surface area contributed by atoms with Crippen LogP contribution in [0, 0.1) is 0 Å². The van der Waals surface area contributed by atoms with Crippen LogP contribution in [0.25, 0.3) is 0 Å². The van der Waals surface area contributed by atoms with E-state index in [0.29, 0.717) is 19.3 Å². The zero-order chi connectivity index (χ0) is 55.0. The first kappa shape index (κ1) is 73.6. The number of hydrogen-bond acceptors (Lipinski definition) is 6. The van der Waals surface area contributed by atoms with Crippen LogP contribution in [-0.2, 0) is 28.6 Å². The van der Waals surface area contributed by atoms with Gasteiger partial charge in [-0.15, -0.1) is 0 Å². The smallest absolute Gasteiger partial charge is 0.306 e. The van der Waals surface area contributed by atoms with E-state index in [1.165, 1.54) is 263 Å². The van der Waals surface area contributed by atoms with Crippen LogP contribution in [0.5, 0.6) is 0 Å². The Morgan fingerprint density at radius 1 is 0.250 bits per heavy atom. The molecule has 0 aromatic heterocycles. The van der Waals surface area contributed by atoms with Gasteiger partial charge in [0.15, 0.2) is 6.10 Å². The predicted octanol–water partition coefficient (Wildman–Crippen LogP) is 23.2. The van der Waals surface area contributed by atoms with Crippen molar-refractivity contribution < 1.29 is 28.6 Å². The summed E-state index contributed by atoms with van der Waals surface area (Å²) in [5, 5.41) is 0. The van der Waals surface area contributed by atoms with Crippen LogP contribution >= 0.6 is 0 Å². The summed E-state index contributed by atoms with van der Waals surface area (Å²) in [4.78, 5) is 38.2. The van der Waals surface area contributed by atoms with Gasteiger partial charge in [-0.1, -0.05) is 301 Å². The maximum absolute atomic E-state index is 12.9. The number of carbonyl (C=O) groups excluding carboxylic acids is 3. The summed E-state index contributed by atoms with van der Waals surface area (Å²) in [5.74, 6) is -0.871. The lowest BCUT2D eigenvalue weighted by atomic mass is 10.0. The molecule has 0 bridgehead atoms. The van der Waals surface area contributed by atoms with E-state index in [0.717, 1.165) is 70.6 Å². The van der Waals surface area contributed by atoms with Crippen molar-refractivity contribution in [1.82, 2.24) is 0 Å². The topological polar surface area (TPSA) is 78.9 Å². The van der Waals surface area contributed by atoms with E-state index in [2.05, 4.69) is 57.2 Å². The van der Waals surface area contributed by atoms with Gasteiger partial charge >= 0.3 is 17.9 Å². The fourth-order valence-corrected chi connectivity index (χ4v) is 10.2. The summed E-state index contributed by atoms with van der Waals surface area (Å²) < 4.78 is 16.9. The minimum absolute atomic E-state index is 0.0741. The van der Waals surface area contributed by atoms with Crippen molar-refractivity contribution in [3.05, 3.63) is 36.5 Å². The van der Waals surface area contributed by atoms with Gasteiger partial charge in [-0.05, 0) is 89.9 Å². The Morgan fingerprint density at radius 3 is 0.697 bits per heavy atom. The minimum atomic E-state index is -0.777. The Morgan fingerprint density at radius 2 is 0.447 bits per heavy atom. The SMILES string of the molecule is CCCC/C=C\CCCCCCCC(=O)OCC(COC(=O)CCCCCCCCCCCCCCCCCCCCC/C=C\CCCCCCCCCC)OC(=O)CCCCCCC/C=C\CCCCCCCCC. The van der Waals surface area contributed by atoms with E-state index in [-0.39, 0.29) is 31.1 Å². The predicted molar refractivity (Wildman–Crippen MR) is 330 cm³/mol. The third-order valence-electron chi connectivity index (χ3n) is 15.3. The Balaban J connectivity index is 4.10. The summed E-state index contributed by atoms with van der Waals surface area (Å²) in [6.45, 7) is 6.64. The molecular weight excluding hydrogens is 937 g/mol. The van der Waals surface area contributed by atoms with Gasteiger partial charge < -0.3 is 14.2 Å². The number of carbonyl (C=O) groups is 3. The molecule has 0 saturated heterocycles. The van der Waals surface area contributed by atoms with Crippen molar-refractivity contribution in [3.63, 3.8) is 0 Å². The molecule has 0 saturated carbocycles. The largest absolute Gasteiger partial charge is 0.462 e. The molecule has 446 valence electrons. The monoisotopic (exact) mass is 1070 g/mol. The molecule has 76 heavy (non-hydrogen) atoms. The number of esters is 3. The third kappa shape index (κ3) is 62.5. The van der Waals surface area contributed by atoms with E-state index in [1.807, 2.05) is 0 Å². The van der Waals surface area contributed by atoms with Gasteiger partial charge in [-0.25, -0.2) is 0 Å². The van der Waals surface area contributed by atoms with E-state index in [9.17, 15) is 14.4 Å². The van der Waals surface area contributed by atoms with Gasteiger partial charge in [-0.3, -0.25) is 14.4 Å². The lowest BCUT2D eigenvalue weighted by molar-refractivity contribution is -0.167. The molecule has 0 aliphatic rings. The molecule has 1 unspecified atom stereocenters. The number of rotatable bonds is 63. The Kier molecular flexibility index (Phi) is 63.1. The van der Waals surface area contributed by atoms with Gasteiger partial charge in [0, 0.05) is 19.3 Å². The number of unbranched alkanes of at least 4 members (excludes halogenated alkanes) is 46. The van der Waals surface area contributed by atoms with E-state index in [1.54, 1.807) is 0 Å².